The molecule has 2 aromatic carbocycles. The Morgan fingerprint density at radius 3 is 2.58 bits per heavy atom. The summed E-state index contributed by atoms with van der Waals surface area (Å²) < 4.78 is 5.54. The molecule has 36 heavy (non-hydrogen) atoms. The van der Waals surface area contributed by atoms with E-state index in [1.807, 2.05) is 24.3 Å². The van der Waals surface area contributed by atoms with Crippen LogP contribution in [0.25, 0.3) is 17.0 Å². The second-order valence-electron chi connectivity index (χ2n) is 10.7. The number of hydrogen-bond donors (Lipinski definition) is 1. The van der Waals surface area contributed by atoms with Crippen LogP contribution in [0.4, 0.5) is 5.69 Å². The number of fused-ring (bicyclic) bond motifs is 4. The summed E-state index contributed by atoms with van der Waals surface area (Å²) in [5.41, 5.74) is 6.65. The van der Waals surface area contributed by atoms with Crippen LogP contribution in [-0.4, -0.2) is 61.1 Å². The number of nitrogens with zero attached hydrogens (tertiary/aromatic N) is 3. The lowest BCUT2D eigenvalue weighted by molar-refractivity contribution is 0.0115. The smallest absolute Gasteiger partial charge is 0.195 e. The van der Waals surface area contributed by atoms with Crippen LogP contribution < -0.4 is 4.90 Å². The third-order valence-corrected chi connectivity index (χ3v) is 8.45. The van der Waals surface area contributed by atoms with E-state index in [-0.39, 0.29) is 11.2 Å². The van der Waals surface area contributed by atoms with Crippen molar-refractivity contribution in [1.29, 1.82) is 5.26 Å². The number of anilines is 1. The lowest BCUT2D eigenvalue weighted by Crippen LogP contribution is -2.49. The fraction of sp³-hybridized carbons (Fsp3) is 0.400. The molecule has 0 spiro atoms. The molecule has 6 heteroatoms. The van der Waals surface area contributed by atoms with E-state index in [4.69, 9.17) is 4.74 Å². The third-order valence-electron chi connectivity index (χ3n) is 8.45. The molecule has 0 bridgehead atoms. The number of aromatic nitrogens is 1. The number of ketones is 1. The highest BCUT2D eigenvalue weighted by Gasteiger charge is 2.40. The van der Waals surface area contributed by atoms with E-state index in [1.54, 1.807) is 6.07 Å². The first kappa shape index (κ1) is 23.0. The zero-order valence-electron chi connectivity index (χ0n) is 21.1. The molecule has 0 amide bonds. The number of rotatable bonds is 3. The Morgan fingerprint density at radius 1 is 1.14 bits per heavy atom. The Kier molecular flexibility index (Phi) is 5.51. The molecule has 6 nitrogen and oxygen atoms in total. The van der Waals surface area contributed by atoms with Crippen molar-refractivity contribution >= 4 is 28.4 Å². The van der Waals surface area contributed by atoms with E-state index in [0.717, 1.165) is 96.8 Å². The van der Waals surface area contributed by atoms with Gasteiger partial charge in [0.2, 0.25) is 0 Å². The predicted molar refractivity (Wildman–Crippen MR) is 143 cm³/mol. The van der Waals surface area contributed by atoms with Gasteiger partial charge in [-0.3, -0.25) is 9.69 Å². The van der Waals surface area contributed by atoms with Crippen molar-refractivity contribution in [3.05, 3.63) is 70.4 Å². The number of hydrogen-bond acceptors (Lipinski definition) is 5. The van der Waals surface area contributed by atoms with Crippen molar-refractivity contribution in [2.45, 2.75) is 38.1 Å². The quantitative estimate of drug-likeness (QED) is 0.580. The Morgan fingerprint density at radius 2 is 1.89 bits per heavy atom. The maximum atomic E-state index is 13.9. The molecule has 3 aliphatic rings. The molecule has 0 unspecified atom stereocenters. The number of ether oxygens (including phenoxy) is 1. The van der Waals surface area contributed by atoms with Gasteiger partial charge in [-0.1, -0.05) is 32.6 Å². The van der Waals surface area contributed by atoms with E-state index >= 15 is 0 Å². The highest BCUT2D eigenvalue weighted by atomic mass is 16.5. The summed E-state index contributed by atoms with van der Waals surface area (Å²) >= 11 is 0. The van der Waals surface area contributed by atoms with Gasteiger partial charge < -0.3 is 14.6 Å². The highest BCUT2D eigenvalue weighted by molar-refractivity contribution is 6.20. The second kappa shape index (κ2) is 8.62. The number of carbonyl (C=O) groups excluding carboxylic acids is 1. The van der Waals surface area contributed by atoms with Crippen LogP contribution in [0.15, 0.2) is 36.9 Å². The minimum Gasteiger partial charge on any atom is -0.379 e. The van der Waals surface area contributed by atoms with Gasteiger partial charge >= 0.3 is 0 Å². The van der Waals surface area contributed by atoms with Crippen LogP contribution in [0.1, 0.15) is 65.0 Å². The molecule has 3 heterocycles. The van der Waals surface area contributed by atoms with Gasteiger partial charge in [0.15, 0.2) is 5.78 Å². The normalized spacial score (nSPS) is 20.1. The molecule has 2 fully saturated rings. The van der Waals surface area contributed by atoms with Crippen molar-refractivity contribution in [3.8, 4) is 6.07 Å². The lowest BCUT2D eigenvalue weighted by Gasteiger charge is -2.42. The van der Waals surface area contributed by atoms with E-state index in [2.05, 4.69) is 47.3 Å². The van der Waals surface area contributed by atoms with Gasteiger partial charge in [-0.15, -0.1) is 0 Å². The fourth-order valence-electron chi connectivity index (χ4n) is 6.40. The topological polar surface area (TPSA) is 72.4 Å². The molecule has 6 rings (SSSR count). The van der Waals surface area contributed by atoms with Gasteiger partial charge in [-0.25, -0.2) is 0 Å². The molecule has 2 saturated heterocycles. The lowest BCUT2D eigenvalue weighted by atomic mass is 9.70. The molecule has 3 aromatic rings. The first-order valence-corrected chi connectivity index (χ1v) is 12.9. The van der Waals surface area contributed by atoms with Gasteiger partial charge in [0, 0.05) is 65.5 Å². The number of nitrogens with one attached hydrogen (secondary N) is 1. The summed E-state index contributed by atoms with van der Waals surface area (Å²) in [6, 6.07) is 12.6. The minimum atomic E-state index is -0.384. The molecule has 1 aromatic heterocycles. The molecule has 1 aliphatic carbocycles. The van der Waals surface area contributed by atoms with Crippen LogP contribution in [0.3, 0.4) is 0 Å². The number of morpholine rings is 1. The molecular formula is C30H32N4O2. The SMILES string of the molecule is C=Cc1cc2c(cc1N1CCC(N3CCOCC3)CC1)C(C)(C)c1[nH]c3cc(C#N)ccc3c1C2=O. The Hall–Kier alpha value is -3.40. The zero-order valence-corrected chi connectivity index (χ0v) is 21.1. The van der Waals surface area contributed by atoms with Gasteiger partial charge in [0.1, 0.15) is 0 Å². The van der Waals surface area contributed by atoms with Crippen molar-refractivity contribution < 1.29 is 9.53 Å². The Labute approximate surface area is 212 Å². The first-order chi connectivity index (χ1) is 17.4. The van der Waals surface area contributed by atoms with Crippen LogP contribution in [-0.2, 0) is 10.2 Å². The van der Waals surface area contributed by atoms with E-state index in [0.29, 0.717) is 11.6 Å². The van der Waals surface area contributed by atoms with Crippen molar-refractivity contribution in [3.63, 3.8) is 0 Å². The number of benzene rings is 2. The second-order valence-corrected chi connectivity index (χ2v) is 10.7. The van der Waals surface area contributed by atoms with Crippen LogP contribution in [0.2, 0.25) is 0 Å². The number of piperidine rings is 1. The molecule has 0 radical (unpaired) electrons. The average Bonchev–Trinajstić information content (AvgIpc) is 3.32. The van der Waals surface area contributed by atoms with Crippen LogP contribution in [0, 0.1) is 11.3 Å². The van der Waals surface area contributed by atoms with Gasteiger partial charge in [-0.2, -0.15) is 5.26 Å². The third kappa shape index (κ3) is 3.49. The van der Waals surface area contributed by atoms with Gasteiger partial charge in [0.25, 0.3) is 0 Å². The van der Waals surface area contributed by atoms with E-state index < -0.39 is 0 Å². The Balaban J connectivity index is 1.37. The van der Waals surface area contributed by atoms with Crippen molar-refractivity contribution in [2.75, 3.05) is 44.3 Å². The fourth-order valence-corrected chi connectivity index (χ4v) is 6.40. The predicted octanol–water partition coefficient (Wildman–Crippen LogP) is 4.85. The molecule has 2 aliphatic heterocycles. The number of aromatic amines is 1. The first-order valence-electron chi connectivity index (χ1n) is 12.9. The Bertz CT molecular complexity index is 1410. The standard InChI is InChI=1S/C30H32N4O2/c1-4-20-16-23-24(17-26(20)34-9-7-21(8-10-34)33-11-13-36-14-12-33)30(2,3)29-27(28(23)35)22-6-5-19(18-31)15-25(22)32-29/h4-6,15-17,21,32H,1,7-14H2,2-3H3. The molecule has 0 atom stereocenters. The van der Waals surface area contributed by atoms with Crippen LogP contribution >= 0.6 is 0 Å². The van der Waals surface area contributed by atoms with Crippen molar-refractivity contribution in [1.82, 2.24) is 9.88 Å². The number of carbonyl (C=O) groups is 1. The van der Waals surface area contributed by atoms with Crippen LogP contribution in [0.5, 0.6) is 0 Å². The number of nitriles is 1. The number of H-pyrrole nitrogens is 1. The molecule has 1 N–H and O–H groups in total. The van der Waals surface area contributed by atoms with Crippen molar-refractivity contribution in [2.24, 2.45) is 0 Å². The molecular weight excluding hydrogens is 448 g/mol. The van der Waals surface area contributed by atoms with E-state index in [9.17, 15) is 10.1 Å². The average molecular weight is 481 g/mol. The zero-order chi connectivity index (χ0) is 25.0. The minimum absolute atomic E-state index is 0.0379. The summed E-state index contributed by atoms with van der Waals surface area (Å²) in [5.74, 6) is 0.0379. The summed E-state index contributed by atoms with van der Waals surface area (Å²) in [6.45, 7) is 14.2. The van der Waals surface area contributed by atoms with Gasteiger partial charge in [0.05, 0.1) is 30.4 Å². The maximum Gasteiger partial charge on any atom is 0.195 e. The highest BCUT2D eigenvalue weighted by Crippen LogP contribution is 2.46. The molecule has 184 valence electrons. The summed E-state index contributed by atoms with van der Waals surface area (Å²) in [4.78, 5) is 22.4. The van der Waals surface area contributed by atoms with E-state index in [1.165, 1.54) is 0 Å². The molecule has 0 saturated carbocycles. The summed E-state index contributed by atoms with van der Waals surface area (Å²) in [6.07, 6.45) is 4.14. The van der Waals surface area contributed by atoms with Gasteiger partial charge in [-0.05, 0) is 48.2 Å². The summed E-state index contributed by atoms with van der Waals surface area (Å²) in [7, 11) is 0. The maximum absolute atomic E-state index is 13.9. The largest absolute Gasteiger partial charge is 0.379 e. The monoisotopic (exact) mass is 480 g/mol. The summed E-state index contributed by atoms with van der Waals surface area (Å²) in [5, 5.41) is 10.2.